The van der Waals surface area contributed by atoms with Gasteiger partial charge in [0, 0.05) is 51.8 Å². The largest absolute Gasteiger partial charge is 0.474 e. The Morgan fingerprint density at radius 2 is 2.03 bits per heavy atom. The summed E-state index contributed by atoms with van der Waals surface area (Å²) in [6.45, 7) is 7.73. The molecule has 168 valence electrons. The summed E-state index contributed by atoms with van der Waals surface area (Å²) < 4.78 is 17.2. The Hall–Kier alpha value is -1.86. The molecule has 0 unspecified atom stereocenters. The monoisotopic (exact) mass is 418 g/mol. The highest BCUT2D eigenvalue weighted by atomic mass is 16.5. The number of rotatable bonds is 11. The molecule has 0 atom stereocenters. The van der Waals surface area contributed by atoms with Gasteiger partial charge in [0.2, 0.25) is 5.88 Å². The van der Waals surface area contributed by atoms with Gasteiger partial charge in [0.15, 0.2) is 5.96 Å². The molecule has 1 aromatic rings. The molecule has 3 rings (SSSR count). The molecule has 0 aromatic carbocycles. The maximum atomic E-state index is 6.00. The summed E-state index contributed by atoms with van der Waals surface area (Å²) in [4.78, 5) is 9.06. The van der Waals surface area contributed by atoms with Crippen molar-refractivity contribution in [2.24, 2.45) is 10.9 Å². The first-order chi connectivity index (χ1) is 14.8. The predicted octanol–water partition coefficient (Wildman–Crippen LogP) is 3.29. The Kier molecular flexibility index (Phi) is 10.2. The lowest BCUT2D eigenvalue weighted by Gasteiger charge is -2.21. The Morgan fingerprint density at radius 1 is 1.20 bits per heavy atom. The van der Waals surface area contributed by atoms with E-state index in [1.54, 1.807) is 0 Å². The zero-order valence-corrected chi connectivity index (χ0v) is 18.4. The normalized spacial score (nSPS) is 18.5. The van der Waals surface area contributed by atoms with Crippen molar-refractivity contribution in [1.29, 1.82) is 0 Å². The molecule has 1 aliphatic heterocycles. The third-order valence-electron chi connectivity index (χ3n) is 5.61. The zero-order valence-electron chi connectivity index (χ0n) is 18.4. The summed E-state index contributed by atoms with van der Waals surface area (Å²) in [5.74, 6) is 2.21. The van der Waals surface area contributed by atoms with Crippen molar-refractivity contribution < 1.29 is 14.2 Å². The fourth-order valence-electron chi connectivity index (χ4n) is 3.85. The average molecular weight is 419 g/mol. The van der Waals surface area contributed by atoms with Crippen LogP contribution in [0.2, 0.25) is 0 Å². The van der Waals surface area contributed by atoms with Crippen LogP contribution in [0.4, 0.5) is 0 Å². The Labute approximate surface area is 181 Å². The summed E-state index contributed by atoms with van der Waals surface area (Å²) in [6, 6.07) is 4.01. The van der Waals surface area contributed by atoms with E-state index in [0.717, 1.165) is 83.1 Å². The minimum absolute atomic E-state index is 0.323. The van der Waals surface area contributed by atoms with Crippen molar-refractivity contribution in [3.8, 4) is 5.88 Å². The minimum Gasteiger partial charge on any atom is -0.474 e. The Balaban J connectivity index is 1.36. The molecular weight excluding hydrogens is 380 g/mol. The maximum absolute atomic E-state index is 6.00. The summed E-state index contributed by atoms with van der Waals surface area (Å²) in [7, 11) is 0. The van der Waals surface area contributed by atoms with E-state index in [9.17, 15) is 0 Å². The van der Waals surface area contributed by atoms with Gasteiger partial charge in [-0.15, -0.1) is 0 Å². The van der Waals surface area contributed by atoms with Gasteiger partial charge in [-0.2, -0.15) is 0 Å². The van der Waals surface area contributed by atoms with E-state index < -0.39 is 0 Å². The number of aliphatic imine (C=N–C) groups is 1. The van der Waals surface area contributed by atoms with E-state index in [1.165, 1.54) is 12.8 Å². The standard InChI is InChI=1S/C23H38N4O3/c1-2-24-23(26-11-5-13-29-18-19-9-14-28-15-10-19)27-17-20-8-12-25-22(16-20)30-21-6-3-4-7-21/h8,12,16,19,21H,2-7,9-11,13-15,17-18H2,1H3,(H2,24,26,27). The molecule has 0 spiro atoms. The maximum Gasteiger partial charge on any atom is 0.213 e. The van der Waals surface area contributed by atoms with Gasteiger partial charge in [-0.05, 0) is 69.4 Å². The fourth-order valence-corrected chi connectivity index (χ4v) is 3.85. The van der Waals surface area contributed by atoms with Crippen LogP contribution in [0.25, 0.3) is 0 Å². The van der Waals surface area contributed by atoms with Crippen molar-refractivity contribution in [1.82, 2.24) is 15.6 Å². The Morgan fingerprint density at radius 3 is 2.83 bits per heavy atom. The molecule has 2 aliphatic rings. The van der Waals surface area contributed by atoms with Crippen LogP contribution in [0.5, 0.6) is 5.88 Å². The molecule has 2 fully saturated rings. The van der Waals surface area contributed by atoms with Crippen molar-refractivity contribution in [3.63, 3.8) is 0 Å². The third-order valence-corrected chi connectivity index (χ3v) is 5.61. The molecule has 1 saturated heterocycles. The molecule has 30 heavy (non-hydrogen) atoms. The second-order valence-electron chi connectivity index (χ2n) is 8.13. The quantitative estimate of drug-likeness (QED) is 0.326. The van der Waals surface area contributed by atoms with Crippen LogP contribution < -0.4 is 15.4 Å². The first-order valence-corrected chi connectivity index (χ1v) is 11.6. The van der Waals surface area contributed by atoms with Crippen LogP contribution in [0.3, 0.4) is 0 Å². The van der Waals surface area contributed by atoms with E-state index >= 15 is 0 Å². The van der Waals surface area contributed by atoms with Gasteiger partial charge in [0.25, 0.3) is 0 Å². The first-order valence-electron chi connectivity index (χ1n) is 11.6. The third kappa shape index (κ3) is 8.48. The number of guanidine groups is 1. The number of pyridine rings is 1. The summed E-state index contributed by atoms with van der Waals surface area (Å²) >= 11 is 0. The second-order valence-corrected chi connectivity index (χ2v) is 8.13. The topological polar surface area (TPSA) is 77.0 Å². The number of ether oxygens (including phenoxy) is 3. The van der Waals surface area contributed by atoms with Crippen LogP contribution in [0, 0.1) is 5.92 Å². The lowest BCUT2D eigenvalue weighted by Crippen LogP contribution is -2.38. The summed E-state index contributed by atoms with van der Waals surface area (Å²) in [5, 5.41) is 6.70. The number of nitrogens with zero attached hydrogens (tertiary/aromatic N) is 2. The van der Waals surface area contributed by atoms with Crippen LogP contribution in [-0.2, 0) is 16.0 Å². The molecule has 1 saturated carbocycles. The first kappa shape index (κ1) is 22.8. The van der Waals surface area contributed by atoms with Gasteiger partial charge in [-0.25, -0.2) is 9.98 Å². The molecule has 0 radical (unpaired) electrons. The lowest BCUT2D eigenvalue weighted by molar-refractivity contribution is 0.0203. The molecule has 7 nitrogen and oxygen atoms in total. The Bertz CT molecular complexity index is 629. The molecule has 1 aromatic heterocycles. The van der Waals surface area contributed by atoms with E-state index in [2.05, 4.69) is 22.5 Å². The molecule has 2 N–H and O–H groups in total. The number of hydrogen-bond donors (Lipinski definition) is 2. The van der Waals surface area contributed by atoms with E-state index in [4.69, 9.17) is 19.2 Å². The second kappa shape index (κ2) is 13.4. The van der Waals surface area contributed by atoms with Gasteiger partial charge >= 0.3 is 0 Å². The van der Waals surface area contributed by atoms with Crippen LogP contribution >= 0.6 is 0 Å². The fraction of sp³-hybridized carbons (Fsp3) is 0.739. The lowest BCUT2D eigenvalue weighted by atomic mass is 10.0. The van der Waals surface area contributed by atoms with E-state index in [-0.39, 0.29) is 0 Å². The number of nitrogens with one attached hydrogen (secondary N) is 2. The van der Waals surface area contributed by atoms with Crippen molar-refractivity contribution in [2.45, 2.75) is 64.5 Å². The van der Waals surface area contributed by atoms with Gasteiger partial charge in [0.05, 0.1) is 6.54 Å². The molecule has 1 aliphatic carbocycles. The highest BCUT2D eigenvalue weighted by molar-refractivity contribution is 5.79. The smallest absolute Gasteiger partial charge is 0.213 e. The van der Waals surface area contributed by atoms with Gasteiger partial charge in [0.1, 0.15) is 6.10 Å². The zero-order chi connectivity index (χ0) is 20.9. The van der Waals surface area contributed by atoms with Crippen LogP contribution in [0.15, 0.2) is 23.3 Å². The van der Waals surface area contributed by atoms with Crippen molar-refractivity contribution in [3.05, 3.63) is 23.9 Å². The van der Waals surface area contributed by atoms with Crippen molar-refractivity contribution >= 4 is 5.96 Å². The highest BCUT2D eigenvalue weighted by Gasteiger charge is 2.17. The molecule has 7 heteroatoms. The summed E-state index contributed by atoms with van der Waals surface area (Å²) in [6.07, 6.45) is 10.1. The molecule has 0 amide bonds. The van der Waals surface area contributed by atoms with Crippen LogP contribution in [0.1, 0.15) is 57.4 Å². The average Bonchev–Trinajstić information content (AvgIpc) is 3.28. The highest BCUT2D eigenvalue weighted by Crippen LogP contribution is 2.23. The van der Waals surface area contributed by atoms with Crippen LogP contribution in [-0.4, -0.2) is 56.6 Å². The van der Waals surface area contributed by atoms with E-state index in [0.29, 0.717) is 24.4 Å². The minimum atomic E-state index is 0.323. The van der Waals surface area contributed by atoms with E-state index in [1.807, 2.05) is 18.3 Å². The van der Waals surface area contributed by atoms with Gasteiger partial charge < -0.3 is 24.8 Å². The van der Waals surface area contributed by atoms with Gasteiger partial charge in [-0.3, -0.25) is 0 Å². The molecule has 2 heterocycles. The number of aromatic nitrogens is 1. The summed E-state index contributed by atoms with van der Waals surface area (Å²) in [5.41, 5.74) is 1.11. The molecular formula is C23H38N4O3. The number of hydrogen-bond acceptors (Lipinski definition) is 5. The van der Waals surface area contributed by atoms with Gasteiger partial charge in [-0.1, -0.05) is 0 Å². The SMILES string of the molecule is CCNC(=NCc1ccnc(OC2CCCC2)c1)NCCCOCC1CCOCC1. The molecule has 0 bridgehead atoms. The predicted molar refractivity (Wildman–Crippen MR) is 119 cm³/mol. The van der Waals surface area contributed by atoms with Crippen molar-refractivity contribution in [2.75, 3.05) is 39.5 Å².